The van der Waals surface area contributed by atoms with Crippen LogP contribution >= 0.6 is 0 Å². The molecule has 0 aliphatic carbocycles. The lowest BCUT2D eigenvalue weighted by Gasteiger charge is -2.37. The monoisotopic (exact) mass is 457 g/mol. The third kappa shape index (κ3) is 5.81. The van der Waals surface area contributed by atoms with Crippen molar-refractivity contribution in [1.82, 2.24) is 9.80 Å². The van der Waals surface area contributed by atoms with Crippen LogP contribution in [0.3, 0.4) is 0 Å². The molecule has 3 aliphatic heterocycles. The third-order valence-corrected chi connectivity index (χ3v) is 7.24. The highest BCUT2D eigenvalue weighted by Gasteiger charge is 2.51. The number of carbonyl (C=O) groups excluding carboxylic acids is 2. The summed E-state index contributed by atoms with van der Waals surface area (Å²) in [5.41, 5.74) is 1.66. The number of hydrogen-bond acceptors (Lipinski definition) is 6. The minimum absolute atomic E-state index is 0.0132. The molecule has 0 N–H and O–H groups in total. The van der Waals surface area contributed by atoms with Crippen LogP contribution in [0.4, 0.5) is 10.5 Å². The van der Waals surface area contributed by atoms with Crippen molar-refractivity contribution in [1.29, 1.82) is 0 Å². The van der Waals surface area contributed by atoms with Crippen molar-refractivity contribution >= 4 is 17.7 Å². The van der Waals surface area contributed by atoms with Gasteiger partial charge in [0.1, 0.15) is 11.7 Å². The molecule has 1 aromatic carbocycles. The molecule has 0 saturated carbocycles. The summed E-state index contributed by atoms with van der Waals surface area (Å²) in [6.45, 7) is 13.9. The summed E-state index contributed by atoms with van der Waals surface area (Å²) < 4.78 is 11.3. The van der Waals surface area contributed by atoms with Gasteiger partial charge in [-0.25, -0.2) is 4.79 Å². The summed E-state index contributed by atoms with van der Waals surface area (Å²) >= 11 is 0. The third-order valence-electron chi connectivity index (χ3n) is 7.24. The van der Waals surface area contributed by atoms with Crippen molar-refractivity contribution in [2.45, 2.75) is 65.1 Å². The van der Waals surface area contributed by atoms with Gasteiger partial charge in [-0.2, -0.15) is 0 Å². The maximum atomic E-state index is 12.8. The van der Waals surface area contributed by atoms with Crippen LogP contribution in [0.1, 0.15) is 52.0 Å². The first kappa shape index (κ1) is 23.9. The molecular formula is C26H39N3O4. The van der Waals surface area contributed by atoms with Crippen molar-refractivity contribution in [3.05, 3.63) is 29.8 Å². The van der Waals surface area contributed by atoms with E-state index < -0.39 is 11.0 Å². The Labute approximate surface area is 198 Å². The average molecular weight is 458 g/mol. The van der Waals surface area contributed by atoms with Crippen LogP contribution in [0.25, 0.3) is 0 Å². The highest BCUT2D eigenvalue weighted by atomic mass is 16.6. The van der Waals surface area contributed by atoms with Gasteiger partial charge in [0, 0.05) is 57.9 Å². The Balaban J connectivity index is 1.20. The van der Waals surface area contributed by atoms with E-state index in [0.29, 0.717) is 25.9 Å². The average Bonchev–Trinajstić information content (AvgIpc) is 3.07. The lowest BCUT2D eigenvalue weighted by molar-refractivity contribution is -0.151. The Morgan fingerprint density at radius 2 is 1.70 bits per heavy atom. The first-order valence-corrected chi connectivity index (χ1v) is 12.4. The van der Waals surface area contributed by atoms with Gasteiger partial charge in [-0.3, -0.25) is 9.69 Å². The zero-order chi connectivity index (χ0) is 23.6. The maximum absolute atomic E-state index is 12.8. The molecule has 1 atom stereocenters. The molecule has 182 valence electrons. The van der Waals surface area contributed by atoms with E-state index in [1.54, 1.807) is 4.90 Å². The predicted molar refractivity (Wildman–Crippen MR) is 128 cm³/mol. The van der Waals surface area contributed by atoms with Gasteiger partial charge in [-0.05, 0) is 59.1 Å². The highest BCUT2D eigenvalue weighted by Crippen LogP contribution is 2.44. The summed E-state index contributed by atoms with van der Waals surface area (Å²) in [7, 11) is 0. The minimum atomic E-state index is -0.505. The number of piperazine rings is 1. The highest BCUT2D eigenvalue weighted by molar-refractivity contribution is 5.79. The van der Waals surface area contributed by atoms with Crippen molar-refractivity contribution in [3.63, 3.8) is 0 Å². The topological polar surface area (TPSA) is 62.3 Å². The zero-order valence-electron chi connectivity index (χ0n) is 20.6. The number of cyclic esters (lactones) is 1. The zero-order valence-corrected chi connectivity index (χ0v) is 20.6. The number of nitrogens with zero attached hydrogens (tertiary/aromatic N) is 3. The normalized spacial score (nSPS) is 23.6. The quantitative estimate of drug-likeness (QED) is 0.640. The molecule has 3 heterocycles. The van der Waals surface area contributed by atoms with Crippen molar-refractivity contribution in [2.75, 3.05) is 50.7 Å². The number of carbonyl (C=O) groups is 2. The number of rotatable bonds is 4. The van der Waals surface area contributed by atoms with Crippen LogP contribution in [-0.4, -0.2) is 79.4 Å². The van der Waals surface area contributed by atoms with Crippen molar-refractivity contribution in [2.24, 2.45) is 5.41 Å². The second-order valence-electron chi connectivity index (χ2n) is 10.9. The van der Waals surface area contributed by atoms with E-state index in [2.05, 4.69) is 41.0 Å². The number of anilines is 1. The SMILES string of the molecule is Cc1ccc(N2CCN(CC[C@H]3CC4(CCN(C(=O)OC(C)(C)C)CC4)C(=O)O3)CC2)cc1. The van der Waals surface area contributed by atoms with E-state index in [1.165, 1.54) is 11.3 Å². The van der Waals surface area contributed by atoms with E-state index in [9.17, 15) is 9.59 Å². The fourth-order valence-electron chi connectivity index (χ4n) is 5.16. The fraction of sp³-hybridized carbons (Fsp3) is 0.692. The minimum Gasteiger partial charge on any atom is -0.462 e. The molecule has 1 amide bonds. The van der Waals surface area contributed by atoms with Crippen LogP contribution in [0.5, 0.6) is 0 Å². The molecule has 1 spiro atoms. The molecule has 0 unspecified atom stereocenters. The number of hydrogen-bond donors (Lipinski definition) is 0. The number of esters is 1. The molecule has 4 rings (SSSR count). The summed E-state index contributed by atoms with van der Waals surface area (Å²) in [4.78, 5) is 31.8. The molecule has 3 aliphatic rings. The van der Waals surface area contributed by atoms with E-state index in [1.807, 2.05) is 20.8 Å². The van der Waals surface area contributed by atoms with Crippen LogP contribution in [0.15, 0.2) is 24.3 Å². The number of ether oxygens (including phenoxy) is 2. The summed E-state index contributed by atoms with van der Waals surface area (Å²) in [5.74, 6) is -0.0690. The van der Waals surface area contributed by atoms with Crippen LogP contribution in [0, 0.1) is 12.3 Å². The molecule has 3 fully saturated rings. The number of aryl methyl sites for hydroxylation is 1. The molecule has 7 nitrogen and oxygen atoms in total. The molecule has 33 heavy (non-hydrogen) atoms. The second kappa shape index (κ2) is 9.53. The Kier molecular flexibility index (Phi) is 6.89. The summed E-state index contributed by atoms with van der Waals surface area (Å²) in [5, 5.41) is 0. The molecule has 0 radical (unpaired) electrons. The van der Waals surface area contributed by atoms with Gasteiger partial charge in [-0.1, -0.05) is 17.7 Å². The van der Waals surface area contributed by atoms with E-state index in [4.69, 9.17) is 9.47 Å². The van der Waals surface area contributed by atoms with E-state index in [0.717, 1.165) is 45.6 Å². The van der Waals surface area contributed by atoms with Gasteiger partial charge in [0.05, 0.1) is 5.41 Å². The van der Waals surface area contributed by atoms with Gasteiger partial charge in [-0.15, -0.1) is 0 Å². The summed E-state index contributed by atoms with van der Waals surface area (Å²) in [6, 6.07) is 8.75. The van der Waals surface area contributed by atoms with Gasteiger partial charge in [0.25, 0.3) is 0 Å². The first-order chi connectivity index (χ1) is 15.6. The lowest BCUT2D eigenvalue weighted by Crippen LogP contribution is -2.47. The van der Waals surface area contributed by atoms with E-state index >= 15 is 0 Å². The molecule has 0 aromatic heterocycles. The van der Waals surface area contributed by atoms with Gasteiger partial charge >= 0.3 is 12.1 Å². The predicted octanol–water partition coefficient (Wildman–Crippen LogP) is 3.84. The maximum Gasteiger partial charge on any atom is 0.410 e. The molecular weight excluding hydrogens is 418 g/mol. The van der Waals surface area contributed by atoms with Gasteiger partial charge < -0.3 is 19.3 Å². The van der Waals surface area contributed by atoms with Crippen molar-refractivity contribution < 1.29 is 19.1 Å². The largest absolute Gasteiger partial charge is 0.462 e. The van der Waals surface area contributed by atoms with Crippen LogP contribution in [-0.2, 0) is 14.3 Å². The Morgan fingerprint density at radius 3 is 2.30 bits per heavy atom. The first-order valence-electron chi connectivity index (χ1n) is 12.4. The second-order valence-corrected chi connectivity index (χ2v) is 10.9. The Hall–Kier alpha value is -2.28. The fourth-order valence-corrected chi connectivity index (χ4v) is 5.16. The summed E-state index contributed by atoms with van der Waals surface area (Å²) in [6.07, 6.45) is 2.68. The smallest absolute Gasteiger partial charge is 0.410 e. The Morgan fingerprint density at radius 1 is 1.06 bits per heavy atom. The Bertz CT molecular complexity index is 832. The lowest BCUT2D eigenvalue weighted by atomic mass is 9.76. The van der Waals surface area contributed by atoms with Gasteiger partial charge in [0.2, 0.25) is 0 Å². The number of piperidine rings is 1. The standard InChI is InChI=1S/C26H39N3O4/c1-20-5-7-21(8-6-20)28-17-15-27(16-18-28)12-9-22-19-26(23(30)32-22)10-13-29(14-11-26)24(31)33-25(2,3)4/h5-8,22H,9-19H2,1-4H3/t22-/m0/s1. The van der Waals surface area contributed by atoms with Crippen molar-refractivity contribution in [3.8, 4) is 0 Å². The number of likely N-dealkylation sites (tertiary alicyclic amines) is 1. The van der Waals surface area contributed by atoms with Crippen LogP contribution < -0.4 is 4.90 Å². The molecule has 3 saturated heterocycles. The van der Waals surface area contributed by atoms with Gasteiger partial charge in [0.15, 0.2) is 0 Å². The van der Waals surface area contributed by atoms with E-state index in [-0.39, 0.29) is 18.2 Å². The number of amides is 1. The molecule has 1 aromatic rings. The molecule has 7 heteroatoms. The van der Waals surface area contributed by atoms with Crippen LogP contribution in [0.2, 0.25) is 0 Å². The molecule has 0 bridgehead atoms. The number of benzene rings is 1.